The zero-order valence-corrected chi connectivity index (χ0v) is 6.39. The summed E-state index contributed by atoms with van der Waals surface area (Å²) in [6.45, 7) is 1.97. The van der Waals surface area contributed by atoms with E-state index < -0.39 is 0 Å². The SMILES string of the molecule is Cc1ccc(NN)cc1NN. The van der Waals surface area contributed by atoms with Gasteiger partial charge in [0, 0.05) is 0 Å². The van der Waals surface area contributed by atoms with Gasteiger partial charge >= 0.3 is 0 Å². The van der Waals surface area contributed by atoms with Gasteiger partial charge in [-0.05, 0) is 24.6 Å². The third-order valence-electron chi connectivity index (χ3n) is 1.56. The lowest BCUT2D eigenvalue weighted by Crippen LogP contribution is -2.10. The van der Waals surface area contributed by atoms with Gasteiger partial charge in [-0.3, -0.25) is 11.7 Å². The van der Waals surface area contributed by atoms with E-state index in [2.05, 4.69) is 10.9 Å². The fourth-order valence-electron chi connectivity index (χ4n) is 0.867. The topological polar surface area (TPSA) is 76.1 Å². The second-order valence-corrected chi connectivity index (χ2v) is 2.32. The molecule has 0 aliphatic carbocycles. The van der Waals surface area contributed by atoms with Gasteiger partial charge in [0.05, 0.1) is 11.4 Å². The summed E-state index contributed by atoms with van der Waals surface area (Å²) in [5.74, 6) is 10.5. The molecule has 4 heteroatoms. The van der Waals surface area contributed by atoms with E-state index in [0.717, 1.165) is 16.9 Å². The Morgan fingerprint density at radius 3 is 2.45 bits per heavy atom. The summed E-state index contributed by atoms with van der Waals surface area (Å²) in [6.07, 6.45) is 0. The van der Waals surface area contributed by atoms with Crippen LogP contribution in [0.4, 0.5) is 11.4 Å². The Labute approximate surface area is 65.5 Å². The van der Waals surface area contributed by atoms with Crippen molar-refractivity contribution in [3.63, 3.8) is 0 Å². The van der Waals surface area contributed by atoms with Crippen LogP contribution in [0.2, 0.25) is 0 Å². The zero-order chi connectivity index (χ0) is 8.27. The molecule has 0 bridgehead atoms. The maximum atomic E-state index is 5.26. The third-order valence-corrected chi connectivity index (χ3v) is 1.56. The fourth-order valence-corrected chi connectivity index (χ4v) is 0.867. The Hall–Kier alpha value is -1.26. The molecule has 0 unspecified atom stereocenters. The first kappa shape index (κ1) is 7.84. The number of nitrogens with two attached hydrogens (primary N) is 2. The second kappa shape index (κ2) is 3.23. The van der Waals surface area contributed by atoms with Crippen LogP contribution in [0.1, 0.15) is 5.56 Å². The van der Waals surface area contributed by atoms with E-state index in [-0.39, 0.29) is 0 Å². The van der Waals surface area contributed by atoms with Crippen molar-refractivity contribution < 1.29 is 0 Å². The summed E-state index contributed by atoms with van der Waals surface area (Å²) in [6, 6.07) is 5.66. The molecule has 0 atom stereocenters. The Morgan fingerprint density at radius 2 is 1.91 bits per heavy atom. The van der Waals surface area contributed by atoms with Crippen molar-refractivity contribution in [2.45, 2.75) is 6.92 Å². The number of hydrogen-bond acceptors (Lipinski definition) is 4. The first-order valence-electron chi connectivity index (χ1n) is 3.32. The number of nitrogens with one attached hydrogen (secondary N) is 2. The number of nitrogen functional groups attached to an aromatic ring is 2. The number of benzene rings is 1. The van der Waals surface area contributed by atoms with Gasteiger partial charge in [0.25, 0.3) is 0 Å². The quantitative estimate of drug-likeness (QED) is 0.369. The van der Waals surface area contributed by atoms with Crippen molar-refractivity contribution in [3.8, 4) is 0 Å². The largest absolute Gasteiger partial charge is 0.324 e. The van der Waals surface area contributed by atoms with Crippen LogP contribution in [-0.2, 0) is 0 Å². The number of hydrazine groups is 2. The van der Waals surface area contributed by atoms with E-state index in [1.54, 1.807) is 0 Å². The van der Waals surface area contributed by atoms with Gasteiger partial charge < -0.3 is 10.9 Å². The van der Waals surface area contributed by atoms with Crippen molar-refractivity contribution >= 4 is 11.4 Å². The van der Waals surface area contributed by atoms with Gasteiger partial charge in [0.2, 0.25) is 0 Å². The van der Waals surface area contributed by atoms with Gasteiger partial charge in [-0.15, -0.1) is 0 Å². The molecule has 0 saturated heterocycles. The van der Waals surface area contributed by atoms with E-state index in [0.29, 0.717) is 0 Å². The standard InChI is InChI=1S/C7H12N4/c1-5-2-3-6(10-8)4-7(5)11-9/h2-4,10-11H,8-9H2,1H3. The number of aryl methyl sites for hydroxylation is 1. The van der Waals surface area contributed by atoms with Gasteiger partial charge in [0.1, 0.15) is 0 Å². The number of anilines is 2. The lowest BCUT2D eigenvalue weighted by atomic mass is 10.2. The lowest BCUT2D eigenvalue weighted by Gasteiger charge is -2.06. The molecule has 0 spiro atoms. The average molecular weight is 152 g/mol. The summed E-state index contributed by atoms with van der Waals surface area (Å²) in [5.41, 5.74) is 7.91. The van der Waals surface area contributed by atoms with Crippen LogP contribution in [0.5, 0.6) is 0 Å². The molecule has 0 aliphatic heterocycles. The number of hydrogen-bond donors (Lipinski definition) is 4. The maximum Gasteiger partial charge on any atom is 0.0535 e. The van der Waals surface area contributed by atoms with Gasteiger partial charge in [-0.25, -0.2) is 0 Å². The molecule has 1 rings (SSSR count). The zero-order valence-electron chi connectivity index (χ0n) is 6.39. The Bertz CT molecular complexity index is 246. The van der Waals surface area contributed by atoms with Crippen molar-refractivity contribution in [1.82, 2.24) is 0 Å². The molecule has 0 saturated carbocycles. The smallest absolute Gasteiger partial charge is 0.0535 e. The second-order valence-electron chi connectivity index (χ2n) is 2.32. The van der Waals surface area contributed by atoms with Gasteiger partial charge in [-0.2, -0.15) is 0 Å². The van der Waals surface area contributed by atoms with Crippen LogP contribution >= 0.6 is 0 Å². The van der Waals surface area contributed by atoms with E-state index in [1.165, 1.54) is 0 Å². The first-order chi connectivity index (χ1) is 5.27. The highest BCUT2D eigenvalue weighted by atomic mass is 15.2. The molecule has 60 valence electrons. The molecule has 0 amide bonds. The predicted molar refractivity (Wildman–Crippen MR) is 46.8 cm³/mol. The summed E-state index contributed by atoms with van der Waals surface area (Å²) < 4.78 is 0. The van der Waals surface area contributed by atoms with Crippen LogP contribution in [0.25, 0.3) is 0 Å². The molecule has 0 heterocycles. The molecule has 0 fully saturated rings. The van der Waals surface area contributed by atoms with E-state index in [4.69, 9.17) is 11.7 Å². The minimum Gasteiger partial charge on any atom is -0.324 e. The van der Waals surface area contributed by atoms with Crippen molar-refractivity contribution in [1.29, 1.82) is 0 Å². The van der Waals surface area contributed by atoms with E-state index in [9.17, 15) is 0 Å². The summed E-state index contributed by atoms with van der Waals surface area (Å²) >= 11 is 0. The molecular weight excluding hydrogens is 140 g/mol. The van der Waals surface area contributed by atoms with Crippen molar-refractivity contribution in [3.05, 3.63) is 23.8 Å². The molecule has 0 aromatic heterocycles. The molecule has 11 heavy (non-hydrogen) atoms. The Morgan fingerprint density at radius 1 is 1.18 bits per heavy atom. The van der Waals surface area contributed by atoms with E-state index in [1.807, 2.05) is 25.1 Å². The molecule has 1 aromatic rings. The summed E-state index contributed by atoms with van der Waals surface area (Å²) in [5, 5.41) is 0. The predicted octanol–water partition coefficient (Wildman–Crippen LogP) is 0.566. The fraction of sp³-hybridized carbons (Fsp3) is 0.143. The minimum absolute atomic E-state index is 0.837. The summed E-state index contributed by atoms with van der Waals surface area (Å²) in [7, 11) is 0. The minimum atomic E-state index is 0.837. The van der Waals surface area contributed by atoms with Crippen molar-refractivity contribution in [2.24, 2.45) is 11.7 Å². The highest BCUT2D eigenvalue weighted by Crippen LogP contribution is 2.17. The molecule has 1 aromatic carbocycles. The highest BCUT2D eigenvalue weighted by Gasteiger charge is 1.95. The Kier molecular flexibility index (Phi) is 2.30. The van der Waals surface area contributed by atoms with Crippen LogP contribution < -0.4 is 22.5 Å². The lowest BCUT2D eigenvalue weighted by molar-refractivity contribution is 1.29. The molecule has 0 radical (unpaired) electrons. The normalized spacial score (nSPS) is 9.36. The van der Waals surface area contributed by atoms with Crippen LogP contribution in [0.15, 0.2) is 18.2 Å². The monoisotopic (exact) mass is 152 g/mol. The molecule has 0 aliphatic rings. The molecule has 6 N–H and O–H groups in total. The molecule has 4 nitrogen and oxygen atoms in total. The van der Waals surface area contributed by atoms with Crippen LogP contribution in [0.3, 0.4) is 0 Å². The molecular formula is C7H12N4. The average Bonchev–Trinajstić information content (AvgIpc) is 2.05. The van der Waals surface area contributed by atoms with Crippen molar-refractivity contribution in [2.75, 3.05) is 10.9 Å². The van der Waals surface area contributed by atoms with Crippen LogP contribution in [0, 0.1) is 6.92 Å². The maximum absolute atomic E-state index is 5.26. The highest BCUT2D eigenvalue weighted by molar-refractivity contribution is 5.59. The first-order valence-corrected chi connectivity index (χ1v) is 3.32. The van der Waals surface area contributed by atoms with Crippen LogP contribution in [-0.4, -0.2) is 0 Å². The number of rotatable bonds is 2. The van der Waals surface area contributed by atoms with E-state index >= 15 is 0 Å². The summed E-state index contributed by atoms with van der Waals surface area (Å²) in [4.78, 5) is 0. The third kappa shape index (κ3) is 1.60. The Balaban J connectivity index is 3.02. The van der Waals surface area contributed by atoms with Gasteiger partial charge in [0.15, 0.2) is 0 Å². The van der Waals surface area contributed by atoms with Gasteiger partial charge in [-0.1, -0.05) is 6.07 Å².